The van der Waals surface area contributed by atoms with Crippen molar-refractivity contribution in [3.8, 4) is 0 Å². The van der Waals surface area contributed by atoms with Crippen molar-refractivity contribution >= 4 is 11.5 Å². The summed E-state index contributed by atoms with van der Waals surface area (Å²) < 4.78 is 15.3. The Morgan fingerprint density at radius 2 is 1.94 bits per heavy atom. The van der Waals surface area contributed by atoms with Gasteiger partial charge in [-0.15, -0.1) is 8.28 Å². The average Bonchev–Trinajstić information content (AvgIpc) is 2.70. The largest absolute Gasteiger partial charge is 0.573 e. The van der Waals surface area contributed by atoms with Crippen LogP contribution in [0.4, 0.5) is 0 Å². The van der Waals surface area contributed by atoms with Crippen molar-refractivity contribution in [1.82, 2.24) is 13.3 Å². The highest BCUT2D eigenvalue weighted by Crippen LogP contribution is 2.12. The number of aryl methyl sites for hydroxylation is 1. The van der Waals surface area contributed by atoms with Crippen LogP contribution in [0.25, 0.3) is 0 Å². The summed E-state index contributed by atoms with van der Waals surface area (Å²) >= 11 is -1.20. The SMILES string of the molecule is Cc1nc(Cc2ccccc2)cn1[S+]([O-])N(C)C. The first-order valence-electron chi connectivity index (χ1n) is 5.76. The van der Waals surface area contributed by atoms with Gasteiger partial charge < -0.3 is 4.55 Å². The Labute approximate surface area is 111 Å². The van der Waals surface area contributed by atoms with E-state index in [-0.39, 0.29) is 0 Å². The van der Waals surface area contributed by atoms with E-state index in [1.54, 1.807) is 22.4 Å². The van der Waals surface area contributed by atoms with E-state index in [9.17, 15) is 4.55 Å². The zero-order chi connectivity index (χ0) is 13.1. The molecule has 0 radical (unpaired) electrons. The topological polar surface area (TPSA) is 44.1 Å². The zero-order valence-electron chi connectivity index (χ0n) is 10.8. The van der Waals surface area contributed by atoms with Crippen molar-refractivity contribution < 1.29 is 4.55 Å². The number of nitrogens with zero attached hydrogens (tertiary/aromatic N) is 3. The fraction of sp³-hybridized carbons (Fsp3) is 0.308. The second-order valence-electron chi connectivity index (χ2n) is 4.31. The van der Waals surface area contributed by atoms with Crippen molar-refractivity contribution in [1.29, 1.82) is 0 Å². The van der Waals surface area contributed by atoms with Crippen molar-refractivity contribution in [3.05, 3.63) is 53.6 Å². The number of imidazole rings is 1. The van der Waals surface area contributed by atoms with Gasteiger partial charge in [-0.05, 0) is 12.5 Å². The maximum Gasteiger partial charge on any atom is 0.174 e. The van der Waals surface area contributed by atoms with Crippen LogP contribution in [0.1, 0.15) is 17.1 Å². The van der Waals surface area contributed by atoms with Crippen LogP contribution in [-0.2, 0) is 18.0 Å². The Bertz CT molecular complexity index is 510. The third kappa shape index (κ3) is 2.93. The molecule has 1 heterocycles. The van der Waals surface area contributed by atoms with Crippen molar-refractivity contribution in [3.63, 3.8) is 0 Å². The molecule has 0 saturated carbocycles. The average molecular weight is 263 g/mol. The summed E-state index contributed by atoms with van der Waals surface area (Å²) in [5.41, 5.74) is 2.15. The van der Waals surface area contributed by atoms with Gasteiger partial charge in [0.2, 0.25) is 0 Å². The van der Waals surface area contributed by atoms with Crippen LogP contribution in [0, 0.1) is 6.92 Å². The number of aromatic nitrogens is 2. The standard InChI is InChI=1S/C13H17N3OS/c1-11-14-13(9-12-7-5-4-6-8-12)10-16(11)18(17)15(2)3/h4-8,10H,9H2,1-3H3. The molecule has 1 unspecified atom stereocenters. The molecule has 0 bridgehead atoms. The Morgan fingerprint density at radius 1 is 1.28 bits per heavy atom. The van der Waals surface area contributed by atoms with Crippen molar-refractivity contribution in [2.45, 2.75) is 13.3 Å². The molecule has 0 saturated heterocycles. The predicted molar refractivity (Wildman–Crippen MR) is 73.4 cm³/mol. The summed E-state index contributed by atoms with van der Waals surface area (Å²) in [5.74, 6) is 0.771. The molecule has 2 aromatic rings. The van der Waals surface area contributed by atoms with E-state index in [4.69, 9.17) is 0 Å². The molecule has 5 heteroatoms. The first kappa shape index (κ1) is 13.1. The lowest BCUT2D eigenvalue weighted by atomic mass is 10.1. The van der Waals surface area contributed by atoms with Gasteiger partial charge in [-0.2, -0.15) is 0 Å². The van der Waals surface area contributed by atoms with E-state index in [1.165, 1.54) is 5.56 Å². The lowest BCUT2D eigenvalue weighted by molar-refractivity contribution is 0.508. The fourth-order valence-electron chi connectivity index (χ4n) is 1.74. The van der Waals surface area contributed by atoms with Gasteiger partial charge in [0.1, 0.15) is 0 Å². The molecule has 0 fully saturated rings. The zero-order valence-corrected chi connectivity index (χ0v) is 11.6. The molecule has 0 spiro atoms. The Kier molecular flexibility index (Phi) is 4.06. The molecule has 1 aromatic carbocycles. The maximum absolute atomic E-state index is 12.0. The lowest BCUT2D eigenvalue weighted by Crippen LogP contribution is -2.29. The van der Waals surface area contributed by atoms with E-state index in [1.807, 2.05) is 31.3 Å². The van der Waals surface area contributed by atoms with E-state index >= 15 is 0 Å². The first-order valence-corrected chi connectivity index (χ1v) is 6.83. The first-order chi connectivity index (χ1) is 8.58. The minimum absolute atomic E-state index is 0.763. The van der Waals surface area contributed by atoms with Gasteiger partial charge in [0.05, 0.1) is 11.9 Å². The highest BCUT2D eigenvalue weighted by Gasteiger charge is 2.18. The summed E-state index contributed by atoms with van der Waals surface area (Å²) in [6.07, 6.45) is 2.62. The van der Waals surface area contributed by atoms with E-state index in [0.717, 1.165) is 17.9 Å². The van der Waals surface area contributed by atoms with E-state index in [2.05, 4.69) is 17.1 Å². The number of rotatable bonds is 4. The Hall–Kier alpha value is -1.30. The summed E-state index contributed by atoms with van der Waals surface area (Å²) in [6, 6.07) is 10.2. The van der Waals surface area contributed by atoms with Crippen molar-refractivity contribution in [2.75, 3.05) is 14.1 Å². The summed E-state index contributed by atoms with van der Waals surface area (Å²) in [6.45, 7) is 1.87. The van der Waals surface area contributed by atoms with Crippen LogP contribution in [-0.4, -0.2) is 31.9 Å². The molecule has 4 nitrogen and oxygen atoms in total. The van der Waals surface area contributed by atoms with Gasteiger partial charge in [-0.1, -0.05) is 30.3 Å². The highest BCUT2D eigenvalue weighted by atomic mass is 32.2. The van der Waals surface area contributed by atoms with Gasteiger partial charge in [0.25, 0.3) is 0 Å². The van der Waals surface area contributed by atoms with Crippen LogP contribution in [0.2, 0.25) is 0 Å². The van der Waals surface area contributed by atoms with Gasteiger partial charge in [-0.3, -0.25) is 0 Å². The van der Waals surface area contributed by atoms with Crippen LogP contribution >= 0.6 is 0 Å². The van der Waals surface area contributed by atoms with Crippen LogP contribution in [0.5, 0.6) is 0 Å². The molecule has 2 rings (SSSR count). The number of hydrogen-bond donors (Lipinski definition) is 0. The molecule has 96 valence electrons. The minimum atomic E-state index is -1.20. The molecular formula is C13H17N3OS. The number of hydrogen-bond acceptors (Lipinski definition) is 3. The minimum Gasteiger partial charge on any atom is -0.573 e. The quantitative estimate of drug-likeness (QED) is 0.790. The molecule has 1 atom stereocenters. The van der Waals surface area contributed by atoms with Gasteiger partial charge in [0, 0.05) is 20.5 Å². The fourth-order valence-corrected chi connectivity index (χ4v) is 2.57. The molecular weight excluding hydrogens is 246 g/mol. The summed E-state index contributed by atoms with van der Waals surface area (Å²) in [7, 11) is 3.57. The van der Waals surface area contributed by atoms with Crippen LogP contribution in [0.15, 0.2) is 36.5 Å². The Balaban J connectivity index is 2.19. The summed E-state index contributed by atoms with van der Waals surface area (Å²) in [4.78, 5) is 4.45. The second kappa shape index (κ2) is 5.56. The molecule has 0 aliphatic heterocycles. The molecule has 0 aliphatic rings. The van der Waals surface area contributed by atoms with Crippen LogP contribution in [0.3, 0.4) is 0 Å². The molecule has 1 aromatic heterocycles. The molecule has 0 amide bonds. The highest BCUT2D eigenvalue weighted by molar-refractivity contribution is 7.87. The van der Waals surface area contributed by atoms with Gasteiger partial charge in [-0.25, -0.2) is 4.98 Å². The maximum atomic E-state index is 12.0. The van der Waals surface area contributed by atoms with Crippen molar-refractivity contribution in [2.24, 2.45) is 0 Å². The second-order valence-corrected chi connectivity index (χ2v) is 5.90. The van der Waals surface area contributed by atoms with E-state index < -0.39 is 11.5 Å². The lowest BCUT2D eigenvalue weighted by Gasteiger charge is -2.15. The Morgan fingerprint density at radius 3 is 2.56 bits per heavy atom. The van der Waals surface area contributed by atoms with Gasteiger partial charge in [0.15, 0.2) is 17.4 Å². The van der Waals surface area contributed by atoms with Crippen LogP contribution < -0.4 is 0 Å². The normalized spacial score (nSPS) is 12.9. The molecule has 0 aliphatic carbocycles. The smallest absolute Gasteiger partial charge is 0.174 e. The summed E-state index contributed by atoms with van der Waals surface area (Å²) in [5, 5.41) is 0. The van der Waals surface area contributed by atoms with E-state index in [0.29, 0.717) is 0 Å². The molecule has 0 N–H and O–H groups in total. The van der Waals surface area contributed by atoms with Gasteiger partial charge >= 0.3 is 0 Å². The monoisotopic (exact) mass is 263 g/mol. The third-order valence-corrected chi connectivity index (χ3v) is 3.93. The third-order valence-electron chi connectivity index (χ3n) is 2.60. The predicted octanol–water partition coefficient (Wildman–Crippen LogP) is 1.77. The number of benzene rings is 1. The molecule has 18 heavy (non-hydrogen) atoms.